The number of aryl methyl sites for hydroxylation is 2. The minimum atomic E-state index is -3.71. The fourth-order valence-corrected chi connectivity index (χ4v) is 4.35. The van der Waals surface area contributed by atoms with E-state index in [1.165, 1.54) is 28.6 Å². The van der Waals surface area contributed by atoms with E-state index in [-0.39, 0.29) is 21.2 Å². The molecular weight excluding hydrogens is 420 g/mol. The van der Waals surface area contributed by atoms with Gasteiger partial charge < -0.3 is 14.5 Å². The number of hydrogen-bond acceptors (Lipinski definition) is 6. The van der Waals surface area contributed by atoms with Crippen molar-refractivity contribution in [2.45, 2.75) is 32.6 Å². The lowest BCUT2D eigenvalue weighted by Gasteiger charge is -2.19. The van der Waals surface area contributed by atoms with E-state index in [4.69, 9.17) is 20.8 Å². The Balaban J connectivity index is 2.10. The highest BCUT2D eigenvalue weighted by molar-refractivity contribution is 7.89. The first kappa shape index (κ1) is 22.9. The van der Waals surface area contributed by atoms with Gasteiger partial charge in [-0.3, -0.25) is 4.79 Å². The monoisotopic (exact) mass is 442 g/mol. The third kappa shape index (κ3) is 5.37. The second kappa shape index (κ2) is 9.43. The summed E-state index contributed by atoms with van der Waals surface area (Å²) in [7, 11) is -3.71. The summed E-state index contributed by atoms with van der Waals surface area (Å²) in [5, 5.41) is 2.63. The number of halogens is 1. The zero-order valence-electron chi connectivity index (χ0n) is 16.6. The molecule has 1 amide bonds. The molecule has 10 heteroatoms. The van der Waals surface area contributed by atoms with Crippen LogP contribution in [0.15, 0.2) is 33.6 Å². The van der Waals surface area contributed by atoms with E-state index < -0.39 is 28.5 Å². The number of carbonyl (C=O) groups excluding carboxylic acids is 2. The number of anilines is 1. The fourth-order valence-electron chi connectivity index (χ4n) is 2.70. The first-order valence-electron chi connectivity index (χ1n) is 8.93. The van der Waals surface area contributed by atoms with E-state index in [1.807, 2.05) is 0 Å². The van der Waals surface area contributed by atoms with Gasteiger partial charge in [0.15, 0.2) is 6.61 Å². The van der Waals surface area contributed by atoms with Crippen molar-refractivity contribution in [1.29, 1.82) is 0 Å². The van der Waals surface area contributed by atoms with Crippen molar-refractivity contribution in [2.75, 3.05) is 25.0 Å². The maximum absolute atomic E-state index is 12.6. The van der Waals surface area contributed by atoms with Gasteiger partial charge in [0, 0.05) is 13.1 Å². The lowest BCUT2D eigenvalue weighted by molar-refractivity contribution is -0.119. The molecule has 1 N–H and O–H groups in total. The molecule has 1 aromatic heterocycles. The first-order chi connectivity index (χ1) is 13.6. The number of benzene rings is 1. The van der Waals surface area contributed by atoms with Crippen LogP contribution in [0.25, 0.3) is 0 Å². The zero-order valence-corrected chi connectivity index (χ0v) is 18.2. The minimum absolute atomic E-state index is 0.00221. The van der Waals surface area contributed by atoms with E-state index in [1.54, 1.807) is 27.7 Å². The van der Waals surface area contributed by atoms with Crippen LogP contribution in [0.3, 0.4) is 0 Å². The molecule has 0 spiro atoms. The molecule has 0 saturated carbocycles. The Morgan fingerprint density at radius 1 is 1.17 bits per heavy atom. The summed E-state index contributed by atoms with van der Waals surface area (Å²) in [6.07, 6.45) is 0. The lowest BCUT2D eigenvalue weighted by atomic mass is 10.2. The van der Waals surface area contributed by atoms with Crippen LogP contribution in [-0.2, 0) is 19.6 Å². The predicted octanol–water partition coefficient (Wildman–Crippen LogP) is 3.38. The molecule has 2 rings (SSSR count). The number of hydrogen-bond donors (Lipinski definition) is 1. The molecule has 0 fully saturated rings. The van der Waals surface area contributed by atoms with Crippen LogP contribution < -0.4 is 5.32 Å². The van der Waals surface area contributed by atoms with Crippen molar-refractivity contribution in [3.8, 4) is 0 Å². The lowest BCUT2D eigenvalue weighted by Crippen LogP contribution is -2.30. The summed E-state index contributed by atoms with van der Waals surface area (Å²) < 4.78 is 36.8. The van der Waals surface area contributed by atoms with Crippen LogP contribution in [0.1, 0.15) is 35.7 Å². The third-order valence-electron chi connectivity index (χ3n) is 4.15. The number of sulfonamides is 1. The molecule has 0 atom stereocenters. The highest BCUT2D eigenvalue weighted by Crippen LogP contribution is 2.27. The van der Waals surface area contributed by atoms with Crippen molar-refractivity contribution in [1.82, 2.24) is 4.31 Å². The van der Waals surface area contributed by atoms with Gasteiger partial charge in [0.25, 0.3) is 5.91 Å². The SMILES string of the molecule is CCN(CC)S(=O)(=O)c1ccc(Cl)c(NC(=O)COC(=O)c2cc(C)oc2C)c1. The third-order valence-corrected chi connectivity index (χ3v) is 6.53. The summed E-state index contributed by atoms with van der Waals surface area (Å²) in [6.45, 7) is 6.83. The molecule has 0 aliphatic heterocycles. The molecule has 0 radical (unpaired) electrons. The van der Waals surface area contributed by atoms with Crippen LogP contribution in [0.4, 0.5) is 5.69 Å². The summed E-state index contributed by atoms with van der Waals surface area (Å²) in [5.74, 6) is -0.406. The average Bonchev–Trinajstić information content (AvgIpc) is 3.00. The van der Waals surface area contributed by atoms with Gasteiger partial charge in [-0.2, -0.15) is 4.31 Å². The Bertz CT molecular complexity index is 1010. The number of nitrogens with zero attached hydrogens (tertiary/aromatic N) is 1. The smallest absolute Gasteiger partial charge is 0.342 e. The second-order valence-corrected chi connectivity index (χ2v) is 8.53. The largest absolute Gasteiger partial charge is 0.466 e. The molecule has 1 heterocycles. The van der Waals surface area contributed by atoms with Crippen LogP contribution in [0, 0.1) is 13.8 Å². The second-order valence-electron chi connectivity index (χ2n) is 6.18. The predicted molar refractivity (Wildman–Crippen MR) is 109 cm³/mol. The van der Waals surface area contributed by atoms with Crippen molar-refractivity contribution >= 4 is 39.2 Å². The van der Waals surface area contributed by atoms with E-state index in [9.17, 15) is 18.0 Å². The van der Waals surface area contributed by atoms with Gasteiger partial charge >= 0.3 is 5.97 Å². The van der Waals surface area contributed by atoms with E-state index >= 15 is 0 Å². The van der Waals surface area contributed by atoms with Crippen molar-refractivity contribution in [2.24, 2.45) is 0 Å². The molecule has 29 heavy (non-hydrogen) atoms. The highest BCUT2D eigenvalue weighted by atomic mass is 35.5. The number of furan rings is 1. The molecule has 158 valence electrons. The number of ether oxygens (including phenoxy) is 1. The molecular formula is C19H23ClN2O6S. The van der Waals surface area contributed by atoms with Gasteiger partial charge in [0.1, 0.15) is 17.1 Å². The number of amides is 1. The maximum Gasteiger partial charge on any atom is 0.342 e. The Labute approximate surface area is 174 Å². The van der Waals surface area contributed by atoms with Gasteiger partial charge in [0.2, 0.25) is 10.0 Å². The number of carbonyl (C=O) groups is 2. The molecule has 0 aliphatic rings. The van der Waals surface area contributed by atoms with E-state index in [0.717, 1.165) is 0 Å². The number of nitrogens with one attached hydrogen (secondary N) is 1. The van der Waals surface area contributed by atoms with Gasteiger partial charge in [-0.1, -0.05) is 25.4 Å². The van der Waals surface area contributed by atoms with Crippen LogP contribution in [-0.4, -0.2) is 44.3 Å². The highest BCUT2D eigenvalue weighted by Gasteiger charge is 2.23. The summed E-state index contributed by atoms with van der Waals surface area (Å²) in [6, 6.07) is 5.56. The Hall–Kier alpha value is -2.36. The van der Waals surface area contributed by atoms with Crippen LogP contribution in [0.5, 0.6) is 0 Å². The Kier molecular flexibility index (Phi) is 7.45. The molecule has 0 saturated heterocycles. The van der Waals surface area contributed by atoms with Crippen molar-refractivity contribution in [3.63, 3.8) is 0 Å². The number of esters is 1. The minimum Gasteiger partial charge on any atom is -0.466 e. The fraction of sp³-hybridized carbons (Fsp3) is 0.368. The molecule has 0 unspecified atom stereocenters. The molecule has 2 aromatic rings. The van der Waals surface area contributed by atoms with Gasteiger partial charge in [-0.05, 0) is 38.1 Å². The molecule has 1 aromatic carbocycles. The molecule has 0 bridgehead atoms. The number of rotatable bonds is 8. The van der Waals surface area contributed by atoms with Gasteiger partial charge in [-0.15, -0.1) is 0 Å². The Morgan fingerprint density at radius 2 is 1.83 bits per heavy atom. The van der Waals surface area contributed by atoms with E-state index in [2.05, 4.69) is 5.32 Å². The van der Waals surface area contributed by atoms with Crippen LogP contribution >= 0.6 is 11.6 Å². The van der Waals surface area contributed by atoms with Crippen molar-refractivity contribution < 1.29 is 27.2 Å². The van der Waals surface area contributed by atoms with Gasteiger partial charge in [-0.25, -0.2) is 13.2 Å². The maximum atomic E-state index is 12.6. The standard InChI is InChI=1S/C19H23ClN2O6S/c1-5-22(6-2)29(25,26)14-7-8-16(20)17(10-14)21-18(23)11-27-19(24)15-9-12(3)28-13(15)4/h7-10H,5-6,11H2,1-4H3,(H,21,23). The topological polar surface area (TPSA) is 106 Å². The summed E-state index contributed by atoms with van der Waals surface area (Å²) in [5.41, 5.74) is 0.344. The van der Waals surface area contributed by atoms with Crippen molar-refractivity contribution in [3.05, 3.63) is 46.4 Å². The molecule has 8 nitrogen and oxygen atoms in total. The first-order valence-corrected chi connectivity index (χ1v) is 10.8. The van der Waals surface area contributed by atoms with Gasteiger partial charge in [0.05, 0.1) is 15.6 Å². The molecule has 0 aliphatic carbocycles. The normalized spacial score (nSPS) is 11.5. The van der Waals surface area contributed by atoms with Crippen LogP contribution in [0.2, 0.25) is 5.02 Å². The average molecular weight is 443 g/mol. The summed E-state index contributed by atoms with van der Waals surface area (Å²) >= 11 is 6.08. The van der Waals surface area contributed by atoms with E-state index in [0.29, 0.717) is 24.6 Å². The zero-order chi connectivity index (χ0) is 21.8. The quantitative estimate of drug-likeness (QED) is 0.628. The summed E-state index contributed by atoms with van der Waals surface area (Å²) in [4.78, 5) is 24.2. The Morgan fingerprint density at radius 3 is 2.38 bits per heavy atom.